The molecular formula is C43H60O29. The van der Waals surface area contributed by atoms with E-state index in [0.29, 0.717) is 0 Å². The highest BCUT2D eigenvalue weighted by Crippen LogP contribution is 2.43. The van der Waals surface area contributed by atoms with Crippen LogP contribution in [0.25, 0.3) is 0 Å². The van der Waals surface area contributed by atoms with Crippen molar-refractivity contribution in [2.45, 2.75) is 141 Å². The van der Waals surface area contributed by atoms with Crippen LogP contribution in [0.15, 0.2) is 36.4 Å². The van der Waals surface area contributed by atoms with Crippen molar-refractivity contribution < 1.29 is 143 Å². The first kappa shape index (κ1) is 55.9. The van der Waals surface area contributed by atoms with Crippen LogP contribution in [0.4, 0.5) is 0 Å². The molecule has 5 aliphatic rings. The third-order valence-corrected chi connectivity index (χ3v) is 12.7. The second-order valence-corrected chi connectivity index (χ2v) is 17.4. The highest BCUT2D eigenvalue weighted by molar-refractivity contribution is 5.96. The Morgan fingerprint density at radius 3 is 1.67 bits per heavy atom. The van der Waals surface area contributed by atoms with Gasteiger partial charge in [0.25, 0.3) is 0 Å². The van der Waals surface area contributed by atoms with Crippen LogP contribution in [0, 0.1) is 0 Å². The van der Waals surface area contributed by atoms with Gasteiger partial charge in [-0.2, -0.15) is 0 Å². The van der Waals surface area contributed by atoms with Gasteiger partial charge in [0.1, 0.15) is 121 Å². The number of hydrogen-bond acceptors (Lipinski definition) is 29. The Morgan fingerprint density at radius 2 is 1.06 bits per heavy atom. The van der Waals surface area contributed by atoms with Gasteiger partial charge in [0.05, 0.1) is 46.8 Å². The van der Waals surface area contributed by atoms with Gasteiger partial charge in [-0.15, -0.1) is 0 Å². The molecule has 5 aliphatic heterocycles. The lowest BCUT2D eigenvalue weighted by Gasteiger charge is -2.43. The zero-order valence-corrected chi connectivity index (χ0v) is 38.0. The van der Waals surface area contributed by atoms with Crippen molar-refractivity contribution >= 4 is 5.97 Å². The number of carbonyl (C=O) groups excluding carboxylic acids is 1. The van der Waals surface area contributed by atoms with Crippen LogP contribution < -0.4 is 18.9 Å². The quantitative estimate of drug-likeness (QED) is 0.0581. The molecule has 0 amide bonds. The van der Waals surface area contributed by atoms with Gasteiger partial charge in [0, 0.05) is 5.56 Å². The lowest BCUT2D eigenvalue weighted by Crippen LogP contribution is -2.62. The third-order valence-electron chi connectivity index (χ3n) is 12.7. The molecule has 5 heterocycles. The summed E-state index contributed by atoms with van der Waals surface area (Å²) in [6.45, 7) is -5.69. The predicted octanol–water partition coefficient (Wildman–Crippen LogP) is -8.48. The van der Waals surface area contributed by atoms with E-state index in [0.717, 1.165) is 19.2 Å². The molecule has 0 saturated carbocycles. The van der Waals surface area contributed by atoms with E-state index in [9.17, 15) is 86.5 Å². The average Bonchev–Trinajstić information content (AvgIpc) is 3.83. The summed E-state index contributed by atoms with van der Waals surface area (Å²) >= 11 is 0. The molecule has 0 spiro atoms. The molecule has 5 saturated heterocycles. The summed E-state index contributed by atoms with van der Waals surface area (Å²) in [5, 5.41) is 168. The standard InChI is InChI=1S/C43H60O29/c1-61-17-6-7-18(65-39-32(57)29(54)34(22(11-47)69-39)71-42-36(58)43(60,13-48)14-63-42)33(70-41-35(28(53)25(50)20(9-45)68-41)72-40-30(55)26(51)21(10-46)67-40)23(17)37(59)62-12-15-4-2-3-5-16(15)64-38-31(56)27(52)24(49)19(8-44)66-38/h2-7,19-22,24-32,34-36,38-42,44-58,60H,8-14H2,1H3/t19-,20-,21+,22-,24-,25-,26+,27+,28+,29-,30-,31-,32-,34-,35-,36+,38-,39-,40+,41+,42+,43-/m1/s1. The van der Waals surface area contributed by atoms with E-state index in [2.05, 4.69) is 0 Å². The van der Waals surface area contributed by atoms with Crippen molar-refractivity contribution in [1.82, 2.24) is 0 Å². The van der Waals surface area contributed by atoms with E-state index >= 15 is 0 Å². The van der Waals surface area contributed by atoms with Crippen LogP contribution in [-0.4, -0.2) is 269 Å². The number of aliphatic hydroxyl groups is 16. The fourth-order valence-electron chi connectivity index (χ4n) is 8.41. The zero-order chi connectivity index (χ0) is 52.3. The third kappa shape index (κ3) is 11.2. The van der Waals surface area contributed by atoms with Crippen molar-refractivity contribution in [2.24, 2.45) is 0 Å². The number of hydrogen-bond donors (Lipinski definition) is 16. The molecule has 29 nitrogen and oxygen atoms in total. The van der Waals surface area contributed by atoms with E-state index in [1.807, 2.05) is 0 Å². The molecular weight excluding hydrogens is 980 g/mol. The van der Waals surface area contributed by atoms with Crippen LogP contribution in [0.5, 0.6) is 23.0 Å². The van der Waals surface area contributed by atoms with Gasteiger partial charge in [0.2, 0.25) is 18.9 Å². The number of rotatable bonds is 19. The van der Waals surface area contributed by atoms with Gasteiger partial charge in [-0.25, -0.2) is 4.79 Å². The first-order valence-corrected chi connectivity index (χ1v) is 22.4. The zero-order valence-electron chi connectivity index (χ0n) is 38.0. The SMILES string of the molecule is COc1ccc(O[C@@H]2O[C@H](CO)[C@@H](O[C@@H]3OC[C@](O)(CO)[C@H]3O)[C@H](O)[C@H]2O)c(O[C@@H]2O[C@H](CO)[C@@H](O)[C@H](O)[C@H]2O[C@@H]2O[C@@H](CO)[C@H](O)[C@H]2O)c1C(=O)OCc1ccccc1O[C@@H]1O[C@H](CO)[C@@H](O)[C@H](O)[C@H]1O. The topological polar surface area (TPSA) is 452 Å². The Labute approximate surface area is 407 Å². The summed E-state index contributed by atoms with van der Waals surface area (Å²) in [6, 6.07) is 8.02. The molecule has 0 bridgehead atoms. The van der Waals surface area contributed by atoms with E-state index < -0.39 is 204 Å². The molecule has 22 atom stereocenters. The Morgan fingerprint density at radius 1 is 0.556 bits per heavy atom. The monoisotopic (exact) mass is 1040 g/mol. The van der Waals surface area contributed by atoms with Gasteiger partial charge in [-0.05, 0) is 18.2 Å². The minimum absolute atomic E-state index is 0.0842. The molecule has 2 aromatic carbocycles. The summed E-state index contributed by atoms with van der Waals surface area (Å²) in [5.41, 5.74) is -2.74. The molecule has 72 heavy (non-hydrogen) atoms. The van der Waals surface area contributed by atoms with Gasteiger partial charge in [-0.3, -0.25) is 0 Å². The van der Waals surface area contributed by atoms with Crippen molar-refractivity contribution in [3.8, 4) is 23.0 Å². The fourth-order valence-corrected chi connectivity index (χ4v) is 8.41. The van der Waals surface area contributed by atoms with Crippen LogP contribution in [0.2, 0.25) is 0 Å². The Bertz CT molecular complexity index is 2080. The van der Waals surface area contributed by atoms with Gasteiger partial charge >= 0.3 is 5.97 Å². The highest BCUT2D eigenvalue weighted by atomic mass is 16.8. The van der Waals surface area contributed by atoms with Gasteiger partial charge in [0.15, 0.2) is 30.2 Å². The number of methoxy groups -OCH3 is 1. The lowest BCUT2D eigenvalue weighted by atomic mass is 9.98. The fraction of sp³-hybridized carbons (Fsp3) is 0.698. The minimum atomic E-state index is -2.16. The second kappa shape index (κ2) is 23.8. The minimum Gasteiger partial charge on any atom is -0.496 e. The summed E-state index contributed by atoms with van der Waals surface area (Å²) in [5.74, 6) is -3.09. The normalized spacial score (nSPS) is 41.2. The molecule has 0 unspecified atom stereocenters. The van der Waals surface area contributed by atoms with E-state index in [-0.39, 0.29) is 17.1 Å². The molecule has 5 fully saturated rings. The first-order chi connectivity index (χ1) is 34.3. The van der Waals surface area contributed by atoms with Crippen LogP contribution in [0.3, 0.4) is 0 Å². The molecule has 29 heteroatoms. The van der Waals surface area contributed by atoms with Crippen molar-refractivity contribution in [2.75, 3.05) is 46.8 Å². The largest absolute Gasteiger partial charge is 0.496 e. The van der Waals surface area contributed by atoms with E-state index in [1.165, 1.54) is 24.3 Å². The van der Waals surface area contributed by atoms with Gasteiger partial charge < -0.3 is 139 Å². The summed E-state index contributed by atoms with van der Waals surface area (Å²) in [7, 11) is 1.12. The maximum atomic E-state index is 14.5. The van der Waals surface area contributed by atoms with Crippen molar-refractivity contribution in [3.63, 3.8) is 0 Å². The number of benzene rings is 2. The molecule has 406 valence electrons. The summed E-state index contributed by atoms with van der Waals surface area (Å²) < 4.78 is 68.4. The lowest BCUT2D eigenvalue weighted by molar-refractivity contribution is -0.322. The molecule has 0 aromatic heterocycles. The molecule has 2 aromatic rings. The maximum Gasteiger partial charge on any atom is 0.346 e. The second-order valence-electron chi connectivity index (χ2n) is 17.4. The smallest absolute Gasteiger partial charge is 0.346 e. The average molecular weight is 1040 g/mol. The molecule has 0 radical (unpaired) electrons. The Kier molecular flexibility index (Phi) is 18.5. The van der Waals surface area contributed by atoms with Crippen LogP contribution in [0.1, 0.15) is 15.9 Å². The molecule has 0 aliphatic carbocycles. The van der Waals surface area contributed by atoms with Crippen molar-refractivity contribution in [1.29, 1.82) is 0 Å². The van der Waals surface area contributed by atoms with E-state index in [1.54, 1.807) is 0 Å². The number of esters is 1. The molecule has 7 rings (SSSR count). The predicted molar refractivity (Wildman–Crippen MR) is 225 cm³/mol. The number of carbonyl (C=O) groups is 1. The number of ether oxygens (including phenoxy) is 12. The molecule has 16 N–H and O–H groups in total. The Balaban J connectivity index is 1.22. The van der Waals surface area contributed by atoms with Crippen LogP contribution >= 0.6 is 0 Å². The van der Waals surface area contributed by atoms with E-state index in [4.69, 9.17) is 56.8 Å². The first-order valence-electron chi connectivity index (χ1n) is 22.4. The Hall–Kier alpha value is -3.81. The number of para-hydroxylation sites is 1. The van der Waals surface area contributed by atoms with Crippen molar-refractivity contribution in [3.05, 3.63) is 47.5 Å². The summed E-state index contributed by atoms with van der Waals surface area (Å²) in [6.07, 6.45) is -38.0. The maximum absolute atomic E-state index is 14.5. The number of aliphatic hydroxyl groups excluding tert-OH is 15. The van der Waals surface area contributed by atoms with Crippen LogP contribution in [-0.2, 0) is 44.5 Å². The van der Waals surface area contributed by atoms with Gasteiger partial charge in [-0.1, -0.05) is 18.2 Å². The summed E-state index contributed by atoms with van der Waals surface area (Å²) in [4.78, 5) is 14.5. The highest BCUT2D eigenvalue weighted by Gasteiger charge is 2.55.